The molecular weight excluding hydrogens is 482 g/mol. The molecule has 0 bridgehead atoms. The van der Waals surface area contributed by atoms with E-state index < -0.39 is 0 Å². The van der Waals surface area contributed by atoms with Crippen LogP contribution in [0.4, 0.5) is 0 Å². The maximum atomic E-state index is 6.53. The zero-order valence-corrected chi connectivity index (χ0v) is 26.3. The van der Waals surface area contributed by atoms with E-state index in [1.165, 1.54) is 25.7 Å². The molecule has 3 rings (SSSR count). The van der Waals surface area contributed by atoms with E-state index in [4.69, 9.17) is 16.6 Å². The first-order valence-electron chi connectivity index (χ1n) is 14.8. The van der Waals surface area contributed by atoms with Crippen LogP contribution in [-0.2, 0) is 0 Å². The van der Waals surface area contributed by atoms with Crippen molar-refractivity contribution in [3.63, 3.8) is 0 Å². The molecule has 3 aliphatic rings. The average molecular weight is 538 g/mol. The minimum atomic E-state index is -0.241. The van der Waals surface area contributed by atoms with Crippen LogP contribution in [0.5, 0.6) is 0 Å². The summed E-state index contributed by atoms with van der Waals surface area (Å²) >= 11 is 6.53. The van der Waals surface area contributed by atoms with Gasteiger partial charge >= 0.3 is 0 Å². The molecule has 0 radical (unpaired) electrons. The Bertz CT molecular complexity index is 783. The van der Waals surface area contributed by atoms with Crippen molar-refractivity contribution in [1.29, 1.82) is 0 Å². The molecule has 0 aliphatic carbocycles. The minimum absolute atomic E-state index is 0.0747. The molecule has 3 heterocycles. The monoisotopic (exact) mass is 537 g/mol. The number of nitrogens with zero attached hydrogens (tertiary/aromatic N) is 5. The van der Waals surface area contributed by atoms with Crippen LogP contribution >= 0.6 is 11.6 Å². The molecule has 0 saturated carbocycles. The minimum Gasteiger partial charge on any atom is -0.314 e. The Morgan fingerprint density at radius 2 is 1.22 bits per heavy atom. The number of piperidine rings is 2. The lowest BCUT2D eigenvalue weighted by molar-refractivity contribution is -0.217. The van der Waals surface area contributed by atoms with Crippen molar-refractivity contribution in [2.24, 2.45) is 9.98 Å². The average Bonchev–Trinajstić information content (AvgIpc) is 2.72. The smallest absolute Gasteiger partial charge is 0.222 e. The van der Waals surface area contributed by atoms with Crippen LogP contribution in [0.1, 0.15) is 121 Å². The van der Waals surface area contributed by atoms with Crippen molar-refractivity contribution in [1.82, 2.24) is 25.6 Å². The molecule has 1 unspecified atom stereocenters. The molecule has 1 atom stereocenters. The van der Waals surface area contributed by atoms with Gasteiger partial charge in [-0.25, -0.2) is 15.0 Å². The van der Waals surface area contributed by atoms with Crippen LogP contribution in [0.2, 0.25) is 0 Å². The number of aliphatic imine (C=N–C) groups is 2. The van der Waals surface area contributed by atoms with Gasteiger partial charge in [0.25, 0.3) is 0 Å². The summed E-state index contributed by atoms with van der Waals surface area (Å²) in [7, 11) is 0. The summed E-state index contributed by atoms with van der Waals surface area (Å²) in [5, 5.41) is 12.9. The number of hydrogen-bond donors (Lipinski definition) is 2. The second-order valence-electron chi connectivity index (χ2n) is 14.1. The van der Waals surface area contributed by atoms with Gasteiger partial charge in [-0.3, -0.25) is 9.91 Å². The van der Waals surface area contributed by atoms with Crippen molar-refractivity contribution < 1.29 is 0 Å². The van der Waals surface area contributed by atoms with Gasteiger partial charge < -0.3 is 10.6 Å². The summed E-state index contributed by atoms with van der Waals surface area (Å²) < 4.78 is 0. The van der Waals surface area contributed by atoms with E-state index in [0.29, 0.717) is 17.4 Å². The molecule has 7 nitrogen and oxygen atoms in total. The molecular formula is C29H56ClN7. The predicted molar refractivity (Wildman–Crippen MR) is 159 cm³/mol. The maximum Gasteiger partial charge on any atom is 0.222 e. The van der Waals surface area contributed by atoms with E-state index in [-0.39, 0.29) is 28.4 Å². The van der Waals surface area contributed by atoms with Gasteiger partial charge in [0.15, 0.2) is 6.29 Å². The second-order valence-corrected chi connectivity index (χ2v) is 14.5. The van der Waals surface area contributed by atoms with Crippen LogP contribution < -0.4 is 10.6 Å². The molecule has 0 aromatic heterocycles. The topological polar surface area (TPSA) is 58.5 Å². The quantitative estimate of drug-likeness (QED) is 0.266. The van der Waals surface area contributed by atoms with Gasteiger partial charge in [0.2, 0.25) is 5.29 Å². The summed E-state index contributed by atoms with van der Waals surface area (Å²) in [5.74, 6) is 0. The zero-order chi connectivity index (χ0) is 27.6. The van der Waals surface area contributed by atoms with Crippen LogP contribution in [-0.4, -0.2) is 80.2 Å². The van der Waals surface area contributed by atoms with Gasteiger partial charge in [-0.1, -0.05) is 26.7 Å². The van der Waals surface area contributed by atoms with E-state index >= 15 is 0 Å². The molecule has 0 aromatic carbocycles. The molecule has 2 N–H and O–H groups in total. The normalized spacial score (nSPS) is 28.5. The number of unbranched alkanes of at least 4 members (excludes halogenated alkanes) is 2. The van der Waals surface area contributed by atoms with Gasteiger partial charge in [-0.15, -0.1) is 0 Å². The Morgan fingerprint density at radius 1 is 0.784 bits per heavy atom. The Hall–Kier alpha value is -0.730. The van der Waals surface area contributed by atoms with E-state index in [9.17, 15) is 0 Å². The lowest BCUT2D eigenvalue weighted by atomic mass is 9.76. The van der Waals surface area contributed by atoms with Crippen molar-refractivity contribution in [3.8, 4) is 0 Å². The van der Waals surface area contributed by atoms with Crippen LogP contribution in [0, 0.1) is 0 Å². The number of amidine groups is 1. The number of nitrogens with one attached hydrogen (secondary N) is 2. The largest absolute Gasteiger partial charge is 0.314 e. The number of hydrazine groups is 1. The highest BCUT2D eigenvalue weighted by molar-refractivity contribution is 6.65. The maximum absolute atomic E-state index is 6.53. The van der Waals surface area contributed by atoms with Gasteiger partial charge in [-0.2, -0.15) is 0 Å². The van der Waals surface area contributed by atoms with E-state index in [1.54, 1.807) is 0 Å². The highest BCUT2D eigenvalue weighted by Gasteiger charge is 2.55. The highest BCUT2D eigenvalue weighted by Crippen LogP contribution is 2.45. The summed E-state index contributed by atoms with van der Waals surface area (Å²) in [5.41, 5.74) is -0.309. The third-order valence-electron chi connectivity index (χ3n) is 8.56. The molecule has 8 heteroatoms. The molecule has 0 aromatic rings. The fourth-order valence-corrected chi connectivity index (χ4v) is 7.89. The molecule has 0 spiro atoms. The van der Waals surface area contributed by atoms with Gasteiger partial charge in [0.1, 0.15) is 6.34 Å². The second kappa shape index (κ2) is 11.8. The SMILES string of the molecule is CCCCNC1CC(C)(C)N(C2N=C(Cl)N=CN2N2C(C)(C)CC(NCCCC)CC2(C)C)C(C)(C)C1. The number of halogens is 1. The first-order chi connectivity index (χ1) is 17.1. The molecule has 2 fully saturated rings. The molecule has 0 amide bonds. The Kier molecular flexibility index (Phi) is 9.82. The molecule has 37 heavy (non-hydrogen) atoms. The van der Waals surface area contributed by atoms with Crippen molar-refractivity contribution >= 4 is 23.2 Å². The van der Waals surface area contributed by atoms with Gasteiger partial charge in [0.05, 0.1) is 0 Å². The van der Waals surface area contributed by atoms with Crippen LogP contribution in [0.25, 0.3) is 0 Å². The zero-order valence-electron chi connectivity index (χ0n) is 25.5. The first-order valence-corrected chi connectivity index (χ1v) is 15.1. The number of rotatable bonds is 10. The summed E-state index contributed by atoms with van der Waals surface area (Å²) in [6.07, 6.45) is 10.9. The Morgan fingerprint density at radius 3 is 1.65 bits per heavy atom. The fourth-order valence-electron chi connectivity index (χ4n) is 7.75. The van der Waals surface area contributed by atoms with E-state index in [1.807, 2.05) is 6.34 Å². The molecule has 3 aliphatic heterocycles. The van der Waals surface area contributed by atoms with Crippen LogP contribution in [0.3, 0.4) is 0 Å². The number of likely N-dealkylation sites (tertiary alicyclic amines) is 1. The van der Waals surface area contributed by atoms with E-state index in [0.717, 1.165) is 38.8 Å². The van der Waals surface area contributed by atoms with Crippen molar-refractivity contribution in [2.45, 2.75) is 161 Å². The third-order valence-corrected chi connectivity index (χ3v) is 8.76. The molecule has 214 valence electrons. The highest BCUT2D eigenvalue weighted by atomic mass is 35.5. The van der Waals surface area contributed by atoms with Gasteiger partial charge in [0, 0.05) is 34.2 Å². The van der Waals surface area contributed by atoms with Crippen molar-refractivity contribution in [2.75, 3.05) is 13.1 Å². The lowest BCUT2D eigenvalue weighted by Crippen LogP contribution is -2.76. The summed E-state index contributed by atoms with van der Waals surface area (Å²) in [4.78, 5) is 12.1. The fraction of sp³-hybridized carbons (Fsp3) is 0.931. The standard InChI is InChI=1S/C29H56ClN7/c1-11-13-15-31-22-17-26(3,4)36(27(5,6)18-22)25-34-24(30)33-21-35(25)37-28(7,8)19-23(20-29(37,9)10)32-16-14-12-2/h21-23,25,31-32H,11-20H2,1-10H3. The Balaban J connectivity index is 1.91. The number of hydrogen-bond acceptors (Lipinski definition) is 7. The molecule has 2 saturated heterocycles. The lowest BCUT2D eigenvalue weighted by Gasteiger charge is -2.64. The first kappa shape index (κ1) is 30.8. The van der Waals surface area contributed by atoms with E-state index in [2.05, 4.69) is 99.8 Å². The third kappa shape index (κ3) is 7.08. The summed E-state index contributed by atoms with van der Waals surface area (Å²) in [6.45, 7) is 25.6. The van der Waals surface area contributed by atoms with Crippen LogP contribution in [0.15, 0.2) is 9.98 Å². The Labute approximate surface area is 232 Å². The summed E-state index contributed by atoms with van der Waals surface area (Å²) in [6, 6.07) is 0.994. The predicted octanol–water partition coefficient (Wildman–Crippen LogP) is 5.95. The van der Waals surface area contributed by atoms with Crippen molar-refractivity contribution in [3.05, 3.63) is 0 Å². The van der Waals surface area contributed by atoms with Gasteiger partial charge in [-0.05, 0) is 119 Å².